The number of phenolic OH excluding ortho intramolecular Hbond substituents is 1. The first kappa shape index (κ1) is 20.8. The summed E-state index contributed by atoms with van der Waals surface area (Å²) in [5.41, 5.74) is 0.836. The third-order valence-electron chi connectivity index (χ3n) is 4.99. The summed E-state index contributed by atoms with van der Waals surface area (Å²) in [4.78, 5) is 17.9. The maximum absolute atomic E-state index is 9.36. The van der Waals surface area contributed by atoms with Gasteiger partial charge in [-0.1, -0.05) is 0 Å². The van der Waals surface area contributed by atoms with Crippen LogP contribution in [0.5, 0.6) is 17.2 Å². The minimum absolute atomic E-state index is 0.178. The highest BCUT2D eigenvalue weighted by Crippen LogP contribution is 2.25. The number of rotatable bonds is 7. The monoisotopic (exact) mass is 422 g/mol. The summed E-state index contributed by atoms with van der Waals surface area (Å²) in [7, 11) is 0. The van der Waals surface area contributed by atoms with Crippen LogP contribution in [0.4, 0.5) is 17.6 Å². The van der Waals surface area contributed by atoms with Gasteiger partial charge in [-0.3, -0.25) is 4.90 Å². The standard InChI is InChI=1S/C22H26N6O3/c1-16-23-21(26-22(24-16)28-12-10-27(11-13-28)14-15-29)25-17-2-6-19(7-3-17)31-20-8-4-18(30)5-9-20/h2-9,29-30H,10-15H2,1H3,(H,23,24,25,26). The van der Waals surface area contributed by atoms with Gasteiger partial charge in [-0.2, -0.15) is 15.0 Å². The summed E-state index contributed by atoms with van der Waals surface area (Å²) in [6, 6.07) is 14.1. The van der Waals surface area contributed by atoms with Crippen molar-refractivity contribution >= 4 is 17.6 Å². The fraction of sp³-hybridized carbons (Fsp3) is 0.318. The zero-order valence-electron chi connectivity index (χ0n) is 17.4. The Morgan fingerprint density at radius 3 is 2.19 bits per heavy atom. The quantitative estimate of drug-likeness (QED) is 0.529. The molecule has 0 saturated carbocycles. The van der Waals surface area contributed by atoms with Gasteiger partial charge in [-0.25, -0.2) is 0 Å². The molecule has 4 rings (SSSR count). The minimum atomic E-state index is 0.178. The Bertz CT molecular complexity index is 989. The summed E-state index contributed by atoms with van der Waals surface area (Å²) in [5, 5.41) is 21.7. The molecule has 0 unspecified atom stereocenters. The Balaban J connectivity index is 1.40. The molecule has 0 atom stereocenters. The van der Waals surface area contributed by atoms with Gasteiger partial charge in [0.05, 0.1) is 6.61 Å². The van der Waals surface area contributed by atoms with Crippen LogP contribution in [0.1, 0.15) is 5.82 Å². The van der Waals surface area contributed by atoms with E-state index in [2.05, 4.69) is 30.1 Å². The molecule has 2 heterocycles. The third kappa shape index (κ3) is 5.59. The van der Waals surface area contributed by atoms with Crippen molar-refractivity contribution in [3.05, 3.63) is 54.4 Å². The van der Waals surface area contributed by atoms with Gasteiger partial charge in [0.2, 0.25) is 11.9 Å². The summed E-state index contributed by atoms with van der Waals surface area (Å²) in [6.07, 6.45) is 0. The Kier molecular flexibility index (Phi) is 6.44. The number of aromatic hydroxyl groups is 1. The van der Waals surface area contributed by atoms with Crippen molar-refractivity contribution in [1.82, 2.24) is 19.9 Å². The number of aliphatic hydroxyl groups excluding tert-OH is 1. The molecular weight excluding hydrogens is 396 g/mol. The van der Waals surface area contributed by atoms with Crippen molar-refractivity contribution in [2.45, 2.75) is 6.92 Å². The first-order chi connectivity index (χ1) is 15.1. The Morgan fingerprint density at radius 1 is 0.903 bits per heavy atom. The molecule has 1 aliphatic rings. The molecule has 0 aliphatic carbocycles. The van der Waals surface area contributed by atoms with Crippen molar-refractivity contribution in [2.75, 3.05) is 49.5 Å². The van der Waals surface area contributed by atoms with Crippen LogP contribution in [0.15, 0.2) is 48.5 Å². The SMILES string of the molecule is Cc1nc(Nc2ccc(Oc3ccc(O)cc3)cc2)nc(N2CCN(CCO)CC2)n1. The van der Waals surface area contributed by atoms with E-state index in [0.29, 0.717) is 35.8 Å². The maximum atomic E-state index is 9.36. The zero-order chi connectivity index (χ0) is 21.6. The van der Waals surface area contributed by atoms with Crippen molar-refractivity contribution in [3.63, 3.8) is 0 Å². The van der Waals surface area contributed by atoms with E-state index in [-0.39, 0.29) is 12.4 Å². The van der Waals surface area contributed by atoms with Gasteiger partial charge in [-0.15, -0.1) is 0 Å². The lowest BCUT2D eigenvalue weighted by atomic mass is 10.3. The molecule has 0 spiro atoms. The smallest absolute Gasteiger partial charge is 0.232 e. The zero-order valence-corrected chi connectivity index (χ0v) is 17.4. The van der Waals surface area contributed by atoms with Gasteiger partial charge in [0.1, 0.15) is 23.1 Å². The molecule has 0 amide bonds. The number of aromatic nitrogens is 3. The normalized spacial score (nSPS) is 14.5. The van der Waals surface area contributed by atoms with E-state index in [9.17, 15) is 5.11 Å². The highest BCUT2D eigenvalue weighted by atomic mass is 16.5. The van der Waals surface area contributed by atoms with Gasteiger partial charge < -0.3 is 25.2 Å². The lowest BCUT2D eigenvalue weighted by Crippen LogP contribution is -2.47. The fourth-order valence-electron chi connectivity index (χ4n) is 3.36. The third-order valence-corrected chi connectivity index (χ3v) is 4.99. The topological polar surface area (TPSA) is 107 Å². The molecule has 0 bridgehead atoms. The molecule has 0 radical (unpaired) electrons. The molecule has 2 aromatic carbocycles. The van der Waals surface area contributed by atoms with Crippen molar-refractivity contribution in [3.8, 4) is 17.2 Å². The van der Waals surface area contributed by atoms with Crippen molar-refractivity contribution < 1.29 is 14.9 Å². The minimum Gasteiger partial charge on any atom is -0.508 e. The molecule has 3 aromatic rings. The average Bonchev–Trinajstić information content (AvgIpc) is 2.77. The maximum Gasteiger partial charge on any atom is 0.232 e. The first-order valence-electron chi connectivity index (χ1n) is 10.2. The summed E-state index contributed by atoms with van der Waals surface area (Å²) < 4.78 is 5.78. The highest BCUT2D eigenvalue weighted by Gasteiger charge is 2.19. The molecule has 9 nitrogen and oxygen atoms in total. The van der Waals surface area contributed by atoms with Gasteiger partial charge in [-0.05, 0) is 55.5 Å². The molecular formula is C22H26N6O3. The van der Waals surface area contributed by atoms with Crippen molar-refractivity contribution in [2.24, 2.45) is 0 Å². The number of hydrogen-bond acceptors (Lipinski definition) is 9. The van der Waals surface area contributed by atoms with Crippen LogP contribution in [-0.4, -0.2) is 69.4 Å². The number of ether oxygens (including phenoxy) is 1. The molecule has 1 aliphatic heterocycles. The van der Waals surface area contributed by atoms with E-state index in [1.807, 2.05) is 31.2 Å². The summed E-state index contributed by atoms with van der Waals surface area (Å²) in [6.45, 7) is 6.10. The Hall–Kier alpha value is -3.43. The average molecular weight is 422 g/mol. The second kappa shape index (κ2) is 9.59. The van der Waals surface area contributed by atoms with Crippen LogP contribution in [-0.2, 0) is 0 Å². The number of hydrogen-bond donors (Lipinski definition) is 3. The largest absolute Gasteiger partial charge is 0.508 e. The number of aliphatic hydroxyl groups is 1. The Labute approximate surface area is 181 Å². The fourth-order valence-corrected chi connectivity index (χ4v) is 3.36. The molecule has 1 aromatic heterocycles. The van der Waals surface area contributed by atoms with Crippen LogP contribution in [0.2, 0.25) is 0 Å². The second-order valence-electron chi connectivity index (χ2n) is 7.30. The Morgan fingerprint density at radius 2 is 1.55 bits per heavy atom. The second-order valence-corrected chi connectivity index (χ2v) is 7.30. The summed E-state index contributed by atoms with van der Waals surface area (Å²) >= 11 is 0. The number of nitrogens with one attached hydrogen (secondary N) is 1. The number of aryl methyl sites for hydroxylation is 1. The predicted molar refractivity (Wildman–Crippen MR) is 118 cm³/mol. The van der Waals surface area contributed by atoms with E-state index in [4.69, 9.17) is 9.84 Å². The number of anilines is 3. The molecule has 1 saturated heterocycles. The van der Waals surface area contributed by atoms with E-state index in [1.54, 1.807) is 24.3 Å². The van der Waals surface area contributed by atoms with E-state index in [1.165, 1.54) is 0 Å². The van der Waals surface area contributed by atoms with Crippen LogP contribution < -0.4 is 15.0 Å². The van der Waals surface area contributed by atoms with Crippen LogP contribution in [0.3, 0.4) is 0 Å². The molecule has 31 heavy (non-hydrogen) atoms. The lowest BCUT2D eigenvalue weighted by molar-refractivity contribution is 0.188. The number of β-amino-alcohol motifs (C(OH)–C–C–N with tert-alkyl or cyclic N) is 1. The van der Waals surface area contributed by atoms with E-state index >= 15 is 0 Å². The summed E-state index contributed by atoms with van der Waals surface area (Å²) in [5.74, 6) is 3.33. The number of benzene rings is 2. The molecule has 1 fully saturated rings. The van der Waals surface area contributed by atoms with Gasteiger partial charge in [0.15, 0.2) is 0 Å². The molecule has 162 valence electrons. The van der Waals surface area contributed by atoms with Gasteiger partial charge in [0.25, 0.3) is 0 Å². The number of piperazine rings is 1. The molecule has 3 N–H and O–H groups in total. The van der Waals surface area contributed by atoms with E-state index in [0.717, 1.165) is 31.9 Å². The van der Waals surface area contributed by atoms with Crippen LogP contribution in [0, 0.1) is 6.92 Å². The van der Waals surface area contributed by atoms with Gasteiger partial charge in [0, 0.05) is 38.4 Å². The van der Waals surface area contributed by atoms with Crippen molar-refractivity contribution in [1.29, 1.82) is 0 Å². The van der Waals surface area contributed by atoms with Gasteiger partial charge >= 0.3 is 0 Å². The first-order valence-corrected chi connectivity index (χ1v) is 10.2. The lowest BCUT2D eigenvalue weighted by Gasteiger charge is -2.34. The van der Waals surface area contributed by atoms with Crippen LogP contribution >= 0.6 is 0 Å². The van der Waals surface area contributed by atoms with E-state index < -0.39 is 0 Å². The van der Waals surface area contributed by atoms with Crippen LogP contribution in [0.25, 0.3) is 0 Å². The number of nitrogens with zero attached hydrogens (tertiary/aromatic N) is 5. The molecule has 9 heteroatoms. The predicted octanol–water partition coefficient (Wildman–Crippen LogP) is 2.54. The highest BCUT2D eigenvalue weighted by molar-refractivity contribution is 5.56. The number of phenols is 1.